The number of carbonyl (C=O) groups is 1. The summed E-state index contributed by atoms with van der Waals surface area (Å²) in [5.74, 6) is 0. The van der Waals surface area contributed by atoms with Gasteiger partial charge in [-0.05, 0) is 24.1 Å². The van der Waals surface area contributed by atoms with Crippen molar-refractivity contribution in [2.45, 2.75) is 12.8 Å². The number of carbonyl (C=O) groups excluding carboxylic acids is 1. The summed E-state index contributed by atoms with van der Waals surface area (Å²) in [7, 11) is 0. The summed E-state index contributed by atoms with van der Waals surface area (Å²) in [4.78, 5) is 10.1. The minimum absolute atomic E-state index is 0.471. The predicted molar refractivity (Wildman–Crippen MR) is 49.7 cm³/mol. The summed E-state index contributed by atoms with van der Waals surface area (Å²) in [6.07, 6.45) is 1.96. The molecule has 0 radical (unpaired) electrons. The Morgan fingerprint density at radius 3 is 2.33 bits per heavy atom. The Morgan fingerprint density at radius 2 is 1.83 bits per heavy atom. The summed E-state index contributed by atoms with van der Waals surface area (Å²) in [5, 5.41) is 0. The van der Waals surface area contributed by atoms with E-state index in [0.717, 1.165) is 11.8 Å². The molecular formula is C9H12N2O. The number of nitrogen functional groups attached to an aromatic ring is 2. The Bertz CT molecular complexity index is 264. The Morgan fingerprint density at radius 1 is 1.25 bits per heavy atom. The number of benzene rings is 1. The smallest absolute Gasteiger partial charge is 0.120 e. The second-order valence-corrected chi connectivity index (χ2v) is 2.62. The van der Waals surface area contributed by atoms with E-state index in [0.29, 0.717) is 24.2 Å². The highest BCUT2D eigenvalue weighted by molar-refractivity contribution is 5.62. The Balaban J connectivity index is 2.88. The SMILES string of the molecule is Nc1cccc(N)c1CCC=O. The molecule has 3 heteroatoms. The van der Waals surface area contributed by atoms with Crippen molar-refractivity contribution >= 4 is 17.7 Å². The van der Waals surface area contributed by atoms with Gasteiger partial charge in [-0.15, -0.1) is 0 Å². The van der Waals surface area contributed by atoms with Crippen LogP contribution >= 0.6 is 0 Å². The van der Waals surface area contributed by atoms with Crippen molar-refractivity contribution in [2.75, 3.05) is 11.5 Å². The van der Waals surface area contributed by atoms with Gasteiger partial charge in [-0.2, -0.15) is 0 Å². The molecule has 0 spiro atoms. The molecule has 4 N–H and O–H groups in total. The minimum Gasteiger partial charge on any atom is -0.398 e. The molecule has 0 aromatic heterocycles. The van der Waals surface area contributed by atoms with Gasteiger partial charge in [0.25, 0.3) is 0 Å². The maximum Gasteiger partial charge on any atom is 0.120 e. The van der Waals surface area contributed by atoms with Crippen LogP contribution in [0.1, 0.15) is 12.0 Å². The van der Waals surface area contributed by atoms with Gasteiger partial charge >= 0.3 is 0 Å². The van der Waals surface area contributed by atoms with E-state index < -0.39 is 0 Å². The quantitative estimate of drug-likeness (QED) is 0.517. The lowest BCUT2D eigenvalue weighted by molar-refractivity contribution is -0.107. The second-order valence-electron chi connectivity index (χ2n) is 2.62. The maximum absolute atomic E-state index is 10.1. The highest BCUT2D eigenvalue weighted by atomic mass is 16.1. The lowest BCUT2D eigenvalue weighted by Gasteiger charge is -2.06. The summed E-state index contributed by atoms with van der Waals surface area (Å²) < 4.78 is 0. The lowest BCUT2D eigenvalue weighted by Crippen LogP contribution is -2.00. The number of anilines is 2. The first kappa shape index (κ1) is 8.59. The van der Waals surface area contributed by atoms with Crippen molar-refractivity contribution in [2.24, 2.45) is 0 Å². The van der Waals surface area contributed by atoms with Gasteiger partial charge in [-0.3, -0.25) is 0 Å². The van der Waals surface area contributed by atoms with Crippen LogP contribution in [0, 0.1) is 0 Å². The van der Waals surface area contributed by atoms with Crippen molar-refractivity contribution in [3.8, 4) is 0 Å². The molecule has 0 aliphatic rings. The van der Waals surface area contributed by atoms with E-state index in [1.807, 2.05) is 0 Å². The molecule has 0 aliphatic heterocycles. The van der Waals surface area contributed by atoms with Crippen LogP contribution in [-0.4, -0.2) is 6.29 Å². The van der Waals surface area contributed by atoms with Gasteiger partial charge in [0.2, 0.25) is 0 Å². The molecule has 12 heavy (non-hydrogen) atoms. The summed E-state index contributed by atoms with van der Waals surface area (Å²) in [6.45, 7) is 0. The van der Waals surface area contributed by atoms with E-state index >= 15 is 0 Å². The van der Waals surface area contributed by atoms with E-state index in [9.17, 15) is 4.79 Å². The summed E-state index contributed by atoms with van der Waals surface area (Å²) in [5.41, 5.74) is 13.5. The van der Waals surface area contributed by atoms with Crippen molar-refractivity contribution in [1.82, 2.24) is 0 Å². The highest BCUT2D eigenvalue weighted by Gasteiger charge is 2.01. The fraction of sp³-hybridized carbons (Fsp3) is 0.222. The molecule has 0 bridgehead atoms. The average Bonchev–Trinajstić information content (AvgIpc) is 2.04. The average molecular weight is 164 g/mol. The molecule has 0 saturated heterocycles. The van der Waals surface area contributed by atoms with Gasteiger partial charge in [-0.1, -0.05) is 6.07 Å². The molecule has 0 heterocycles. The molecule has 0 amide bonds. The van der Waals surface area contributed by atoms with Gasteiger partial charge in [0, 0.05) is 17.8 Å². The third kappa shape index (κ3) is 1.75. The molecule has 1 aromatic rings. The van der Waals surface area contributed by atoms with Crippen LogP contribution in [0.5, 0.6) is 0 Å². The predicted octanol–water partition coefficient (Wildman–Crippen LogP) is 0.983. The van der Waals surface area contributed by atoms with Crippen LogP contribution in [0.2, 0.25) is 0 Å². The standard InChI is InChI=1S/C9H12N2O/c10-8-4-1-5-9(11)7(8)3-2-6-12/h1,4-6H,2-3,10-11H2. The summed E-state index contributed by atoms with van der Waals surface area (Å²) in [6, 6.07) is 5.38. The topological polar surface area (TPSA) is 69.1 Å². The zero-order chi connectivity index (χ0) is 8.97. The van der Waals surface area contributed by atoms with Crippen LogP contribution in [0.3, 0.4) is 0 Å². The molecule has 3 nitrogen and oxygen atoms in total. The van der Waals surface area contributed by atoms with Gasteiger partial charge in [0.15, 0.2) is 0 Å². The zero-order valence-corrected chi connectivity index (χ0v) is 6.79. The molecule has 64 valence electrons. The second kappa shape index (κ2) is 3.76. The molecule has 0 atom stereocenters. The molecule has 0 fully saturated rings. The maximum atomic E-state index is 10.1. The largest absolute Gasteiger partial charge is 0.398 e. The first-order valence-corrected chi connectivity index (χ1v) is 3.82. The first-order chi connectivity index (χ1) is 5.75. The summed E-state index contributed by atoms with van der Waals surface area (Å²) >= 11 is 0. The Labute approximate surface area is 71.4 Å². The minimum atomic E-state index is 0.471. The highest BCUT2D eigenvalue weighted by Crippen LogP contribution is 2.19. The van der Waals surface area contributed by atoms with Crippen molar-refractivity contribution in [1.29, 1.82) is 0 Å². The molecule has 0 saturated carbocycles. The molecule has 1 rings (SSSR count). The third-order valence-electron chi connectivity index (χ3n) is 1.76. The monoisotopic (exact) mass is 164 g/mol. The Kier molecular flexibility index (Phi) is 2.69. The van der Waals surface area contributed by atoms with Crippen LogP contribution in [0.25, 0.3) is 0 Å². The number of hydrogen-bond acceptors (Lipinski definition) is 3. The fourth-order valence-electron chi connectivity index (χ4n) is 1.12. The van der Waals surface area contributed by atoms with Gasteiger partial charge in [0.05, 0.1) is 0 Å². The molecule has 1 aromatic carbocycles. The number of nitrogens with two attached hydrogens (primary N) is 2. The van der Waals surface area contributed by atoms with E-state index in [4.69, 9.17) is 11.5 Å². The molecule has 0 unspecified atom stereocenters. The van der Waals surface area contributed by atoms with Crippen LogP contribution in [0.15, 0.2) is 18.2 Å². The number of aldehydes is 1. The van der Waals surface area contributed by atoms with Crippen LogP contribution in [-0.2, 0) is 11.2 Å². The lowest BCUT2D eigenvalue weighted by atomic mass is 10.1. The van der Waals surface area contributed by atoms with Crippen molar-refractivity contribution < 1.29 is 4.79 Å². The molecule has 0 aliphatic carbocycles. The van der Waals surface area contributed by atoms with E-state index in [1.54, 1.807) is 18.2 Å². The van der Waals surface area contributed by atoms with Crippen molar-refractivity contribution in [3.63, 3.8) is 0 Å². The number of rotatable bonds is 3. The van der Waals surface area contributed by atoms with E-state index in [2.05, 4.69) is 0 Å². The van der Waals surface area contributed by atoms with Crippen LogP contribution < -0.4 is 11.5 Å². The van der Waals surface area contributed by atoms with E-state index in [-0.39, 0.29) is 0 Å². The Hall–Kier alpha value is -1.51. The van der Waals surface area contributed by atoms with E-state index in [1.165, 1.54) is 0 Å². The molecular weight excluding hydrogens is 152 g/mol. The van der Waals surface area contributed by atoms with Crippen molar-refractivity contribution in [3.05, 3.63) is 23.8 Å². The van der Waals surface area contributed by atoms with Gasteiger partial charge < -0.3 is 16.3 Å². The normalized spacial score (nSPS) is 9.67. The zero-order valence-electron chi connectivity index (χ0n) is 6.79. The third-order valence-corrected chi connectivity index (χ3v) is 1.76. The van der Waals surface area contributed by atoms with Gasteiger partial charge in [-0.25, -0.2) is 0 Å². The fourth-order valence-corrected chi connectivity index (χ4v) is 1.12. The first-order valence-electron chi connectivity index (χ1n) is 3.82. The van der Waals surface area contributed by atoms with Crippen LogP contribution in [0.4, 0.5) is 11.4 Å². The van der Waals surface area contributed by atoms with Gasteiger partial charge in [0.1, 0.15) is 6.29 Å². The number of hydrogen-bond donors (Lipinski definition) is 2.